The van der Waals surface area contributed by atoms with E-state index in [1.165, 1.54) is 0 Å². The van der Waals surface area contributed by atoms with E-state index in [1.54, 1.807) is 42.3 Å². The Morgan fingerprint density at radius 2 is 1.78 bits per heavy atom. The molecule has 2 aliphatic heterocycles. The first kappa shape index (κ1) is 28.4. The predicted octanol–water partition coefficient (Wildman–Crippen LogP) is 5.38. The van der Waals surface area contributed by atoms with Crippen molar-refractivity contribution in [2.75, 3.05) is 24.3 Å². The lowest BCUT2D eigenvalue weighted by Gasteiger charge is -2.42. The van der Waals surface area contributed by atoms with E-state index in [2.05, 4.69) is 16.0 Å². The summed E-state index contributed by atoms with van der Waals surface area (Å²) in [6.07, 6.45) is 0.843. The third-order valence-corrected chi connectivity index (χ3v) is 7.76. The molecule has 3 aromatic rings. The molecule has 5 rings (SSSR count). The summed E-state index contributed by atoms with van der Waals surface area (Å²) in [4.78, 5) is 40.4. The Kier molecular flexibility index (Phi) is 8.75. The maximum Gasteiger partial charge on any atom is 0.323 e. The number of rotatable bonds is 6. The molecule has 2 aliphatic rings. The third kappa shape index (κ3) is 6.99. The molecule has 2 heterocycles. The highest BCUT2D eigenvalue weighted by Crippen LogP contribution is 2.32. The van der Waals surface area contributed by atoms with Crippen LogP contribution in [0.3, 0.4) is 0 Å². The van der Waals surface area contributed by atoms with E-state index >= 15 is 0 Å². The molecule has 0 saturated carbocycles. The monoisotopic (exact) mass is 576 g/mol. The first-order chi connectivity index (χ1) is 19.8. The van der Waals surface area contributed by atoms with Crippen LogP contribution in [-0.2, 0) is 16.1 Å². The number of hydrogen-bond acceptors (Lipinski definition) is 5. The van der Waals surface area contributed by atoms with Crippen molar-refractivity contribution >= 4 is 40.8 Å². The molecule has 0 aromatic heterocycles. The van der Waals surface area contributed by atoms with E-state index in [0.717, 1.165) is 11.1 Å². The summed E-state index contributed by atoms with van der Waals surface area (Å²) in [5.41, 5.74) is 3.39. The molecular weight excluding hydrogens is 544 g/mol. The number of fused-ring (bicyclic) bond motifs is 2. The lowest BCUT2D eigenvalue weighted by Crippen LogP contribution is -2.53. The number of ether oxygens (including phenoxy) is 2. The number of benzene rings is 3. The zero-order valence-corrected chi connectivity index (χ0v) is 23.7. The Balaban J connectivity index is 1.20. The topological polar surface area (TPSA) is 109 Å². The highest BCUT2D eigenvalue weighted by Gasteiger charge is 2.39. The molecule has 0 spiro atoms. The number of nitrogens with one attached hydrogen (secondary N) is 3. The van der Waals surface area contributed by atoms with Crippen LogP contribution in [0.5, 0.6) is 5.75 Å². The fourth-order valence-corrected chi connectivity index (χ4v) is 5.44. The van der Waals surface area contributed by atoms with E-state index < -0.39 is 6.03 Å². The van der Waals surface area contributed by atoms with Crippen LogP contribution in [0.25, 0.3) is 0 Å². The summed E-state index contributed by atoms with van der Waals surface area (Å²) in [7, 11) is 1.75. The molecule has 0 aliphatic carbocycles. The van der Waals surface area contributed by atoms with E-state index in [1.807, 2.05) is 43.3 Å². The SMILES string of the molecule is Cc1cccc(NC(=O)Nc2ccc3c(c2)C(=O)N(C)[C@H]2CC[C@@H](CC(=O)NCc4ccccc4Cl)O[C@H]2CO3)c1. The van der Waals surface area contributed by atoms with Gasteiger partial charge in [0.2, 0.25) is 5.91 Å². The van der Waals surface area contributed by atoms with Gasteiger partial charge in [0.15, 0.2) is 0 Å². The Morgan fingerprint density at radius 1 is 1.00 bits per heavy atom. The van der Waals surface area contributed by atoms with Crippen molar-refractivity contribution in [2.45, 2.75) is 51.0 Å². The molecule has 4 amide bonds. The third-order valence-electron chi connectivity index (χ3n) is 7.39. The number of hydrogen-bond donors (Lipinski definition) is 3. The molecule has 0 bridgehead atoms. The summed E-state index contributed by atoms with van der Waals surface area (Å²) < 4.78 is 12.3. The number of urea groups is 1. The van der Waals surface area contributed by atoms with Gasteiger partial charge in [-0.05, 0) is 67.3 Å². The zero-order chi connectivity index (χ0) is 28.9. The largest absolute Gasteiger partial charge is 0.490 e. The van der Waals surface area contributed by atoms with Crippen molar-refractivity contribution in [3.63, 3.8) is 0 Å². The van der Waals surface area contributed by atoms with Crippen LogP contribution in [0.15, 0.2) is 66.7 Å². The van der Waals surface area contributed by atoms with Gasteiger partial charge in [-0.25, -0.2) is 4.79 Å². The quantitative estimate of drug-likeness (QED) is 0.365. The summed E-state index contributed by atoms with van der Waals surface area (Å²) in [5, 5.41) is 9.11. The number of aryl methyl sites for hydroxylation is 1. The minimum absolute atomic E-state index is 0.124. The van der Waals surface area contributed by atoms with Gasteiger partial charge in [-0.2, -0.15) is 0 Å². The second kappa shape index (κ2) is 12.6. The van der Waals surface area contributed by atoms with Gasteiger partial charge in [0.1, 0.15) is 18.5 Å². The molecule has 41 heavy (non-hydrogen) atoms. The first-order valence-corrected chi connectivity index (χ1v) is 14.0. The molecule has 9 nitrogen and oxygen atoms in total. The van der Waals surface area contributed by atoms with Crippen LogP contribution < -0.4 is 20.7 Å². The highest BCUT2D eigenvalue weighted by atomic mass is 35.5. The lowest BCUT2D eigenvalue weighted by molar-refractivity contribution is -0.134. The van der Waals surface area contributed by atoms with E-state index in [-0.39, 0.29) is 43.1 Å². The minimum Gasteiger partial charge on any atom is -0.490 e. The molecule has 10 heteroatoms. The van der Waals surface area contributed by atoms with Crippen LogP contribution >= 0.6 is 11.6 Å². The van der Waals surface area contributed by atoms with Crippen molar-refractivity contribution in [2.24, 2.45) is 0 Å². The van der Waals surface area contributed by atoms with Crippen LogP contribution in [0.1, 0.15) is 40.7 Å². The summed E-state index contributed by atoms with van der Waals surface area (Å²) >= 11 is 6.19. The Hall–Kier alpha value is -4.08. The van der Waals surface area contributed by atoms with Gasteiger partial charge >= 0.3 is 6.03 Å². The summed E-state index contributed by atoms with van der Waals surface area (Å²) in [5.74, 6) is 0.0616. The Bertz CT molecular complexity index is 1450. The normalized spacial score (nSPS) is 20.0. The number of carbonyl (C=O) groups is 3. The maximum atomic E-state index is 13.5. The molecule has 214 valence electrons. The van der Waals surface area contributed by atoms with Gasteiger partial charge in [-0.3, -0.25) is 9.59 Å². The van der Waals surface area contributed by atoms with Crippen molar-refractivity contribution < 1.29 is 23.9 Å². The number of anilines is 2. The smallest absolute Gasteiger partial charge is 0.323 e. The van der Waals surface area contributed by atoms with Crippen LogP contribution in [0.4, 0.5) is 16.2 Å². The minimum atomic E-state index is -0.411. The van der Waals surface area contributed by atoms with E-state index in [9.17, 15) is 14.4 Å². The van der Waals surface area contributed by atoms with Gasteiger partial charge in [0.25, 0.3) is 5.91 Å². The van der Waals surface area contributed by atoms with E-state index in [4.69, 9.17) is 21.1 Å². The van der Waals surface area contributed by atoms with Gasteiger partial charge < -0.3 is 30.3 Å². The fourth-order valence-electron chi connectivity index (χ4n) is 5.24. The highest BCUT2D eigenvalue weighted by molar-refractivity contribution is 6.31. The standard InChI is InChI=1S/C31H33ClN4O5/c1-19-6-5-8-21(14-19)34-31(39)35-22-10-13-27-24(15-22)30(38)36(2)26-12-11-23(41-28(26)18-40-27)16-29(37)33-17-20-7-3-4-9-25(20)32/h3-10,13-15,23,26,28H,11-12,16-18H2,1-2H3,(H,33,37)(H2,34,35,39)/t23-,26-,28-/m0/s1. The molecule has 0 radical (unpaired) electrons. The molecular formula is C31H33ClN4O5. The van der Waals surface area contributed by atoms with Crippen molar-refractivity contribution in [3.05, 3.63) is 88.4 Å². The number of carbonyl (C=O) groups excluding carboxylic acids is 3. The van der Waals surface area contributed by atoms with E-state index in [0.29, 0.717) is 47.1 Å². The Labute approximate surface area is 244 Å². The van der Waals surface area contributed by atoms with Gasteiger partial charge in [0.05, 0.1) is 24.1 Å². The molecule has 3 N–H and O–H groups in total. The van der Waals surface area contributed by atoms with Gasteiger partial charge in [-0.1, -0.05) is 41.9 Å². The number of nitrogens with zero attached hydrogens (tertiary/aromatic N) is 1. The second-order valence-electron chi connectivity index (χ2n) is 10.4. The zero-order valence-electron chi connectivity index (χ0n) is 23.0. The van der Waals surface area contributed by atoms with Gasteiger partial charge in [0, 0.05) is 30.0 Å². The predicted molar refractivity (Wildman–Crippen MR) is 157 cm³/mol. The number of amides is 4. The van der Waals surface area contributed by atoms with Crippen molar-refractivity contribution in [3.8, 4) is 5.75 Å². The average Bonchev–Trinajstić information content (AvgIpc) is 2.95. The van der Waals surface area contributed by atoms with Crippen LogP contribution in [-0.4, -0.2) is 54.6 Å². The second-order valence-corrected chi connectivity index (χ2v) is 10.8. The summed E-state index contributed by atoms with van der Waals surface area (Å²) in [6.45, 7) is 2.52. The molecule has 1 saturated heterocycles. The number of likely N-dealkylation sites (N-methyl/N-ethyl adjacent to an activating group) is 1. The first-order valence-electron chi connectivity index (χ1n) is 13.6. The summed E-state index contributed by atoms with van der Waals surface area (Å²) in [6, 6.07) is 19.2. The van der Waals surface area contributed by atoms with Crippen molar-refractivity contribution in [1.29, 1.82) is 0 Å². The van der Waals surface area contributed by atoms with Crippen molar-refractivity contribution in [1.82, 2.24) is 10.2 Å². The molecule has 1 fully saturated rings. The average molecular weight is 577 g/mol. The maximum absolute atomic E-state index is 13.5. The lowest BCUT2D eigenvalue weighted by atomic mass is 9.94. The molecule has 0 unspecified atom stereocenters. The molecule has 3 aromatic carbocycles. The fraction of sp³-hybridized carbons (Fsp3) is 0.323. The number of halogens is 1. The van der Waals surface area contributed by atoms with Crippen LogP contribution in [0, 0.1) is 6.92 Å². The molecule has 3 atom stereocenters. The Morgan fingerprint density at radius 3 is 2.56 bits per heavy atom. The van der Waals surface area contributed by atoms with Crippen LogP contribution in [0.2, 0.25) is 5.02 Å². The van der Waals surface area contributed by atoms with Gasteiger partial charge in [-0.15, -0.1) is 0 Å².